The average molecular weight is 1720 g/mol. The Kier molecular flexibility index (Phi) is 31.1. The number of anilines is 6. The second kappa shape index (κ2) is 42.9. The minimum Gasteiger partial charge on any atom is -0.507 e. The smallest absolute Gasteiger partial charge is 0.250 e. The summed E-state index contributed by atoms with van der Waals surface area (Å²) < 4.78 is 38.9. The fraction of sp³-hybridized carbons (Fsp3) is 0.356. The Bertz CT molecular complexity index is 5010. The fourth-order valence-electron chi connectivity index (χ4n) is 14.2. The van der Waals surface area contributed by atoms with Crippen molar-refractivity contribution in [2.24, 2.45) is 0 Å². The monoisotopic (exact) mass is 1720 g/mol. The zero-order valence-corrected chi connectivity index (χ0v) is 69.2. The van der Waals surface area contributed by atoms with E-state index in [1.54, 1.807) is 119 Å². The highest BCUT2D eigenvalue weighted by Crippen LogP contribution is 2.38. The summed E-state index contributed by atoms with van der Waals surface area (Å²) in [6.45, 7) is 20.9. The van der Waals surface area contributed by atoms with Crippen molar-refractivity contribution in [1.29, 1.82) is 0 Å². The Balaban J connectivity index is 0.000000134. The molecule has 0 aliphatic carbocycles. The number of morpholine rings is 7. The van der Waals surface area contributed by atoms with Gasteiger partial charge < -0.3 is 97.8 Å². The van der Waals surface area contributed by atoms with Crippen LogP contribution in [-0.2, 0) is 39.7 Å². The third-order valence-corrected chi connectivity index (χ3v) is 23.0. The van der Waals surface area contributed by atoms with E-state index in [4.69, 9.17) is 56.4 Å². The number of carbonyl (C=O) groups excluding carboxylic acids is 5. The van der Waals surface area contributed by atoms with E-state index >= 15 is 0 Å². The topological polar surface area (TPSA) is 338 Å². The maximum atomic E-state index is 13.2. The van der Waals surface area contributed by atoms with Gasteiger partial charge in [-0.25, -0.2) is 15.0 Å². The van der Waals surface area contributed by atoms with Gasteiger partial charge in [0, 0.05) is 207 Å². The molecule has 3 aromatic heterocycles. The summed E-state index contributed by atoms with van der Waals surface area (Å²) in [5, 5.41) is 66.3. The van der Waals surface area contributed by atoms with Gasteiger partial charge in [0.2, 0.25) is 5.78 Å². The molecule has 6 N–H and O–H groups in total. The van der Waals surface area contributed by atoms with Gasteiger partial charge in [0.15, 0.2) is 33.1 Å². The summed E-state index contributed by atoms with van der Waals surface area (Å²) in [5.41, 5.74) is 9.46. The van der Waals surface area contributed by atoms with Crippen LogP contribution in [0.4, 0.5) is 34.1 Å². The number of imidazole rings is 1. The first-order valence-corrected chi connectivity index (χ1v) is 42.2. The molecule has 10 aromatic rings. The van der Waals surface area contributed by atoms with Crippen LogP contribution in [0, 0.1) is 0 Å². The number of carbonyl (C=O) groups is 5. The zero-order valence-electron chi connectivity index (χ0n) is 66.1. The quantitative estimate of drug-likeness (QED) is 0.0305. The Labute approximate surface area is 712 Å². The van der Waals surface area contributed by atoms with Crippen LogP contribution in [0.1, 0.15) is 61.8 Å². The summed E-state index contributed by atoms with van der Waals surface area (Å²) in [6, 6.07) is 38.4. The van der Waals surface area contributed by atoms with Crippen molar-refractivity contribution in [1.82, 2.24) is 24.4 Å². The highest BCUT2D eigenvalue weighted by molar-refractivity contribution is 7.15. The molecule has 0 radical (unpaired) electrons. The van der Waals surface area contributed by atoms with Crippen molar-refractivity contribution in [2.45, 2.75) is 6.54 Å². The lowest BCUT2D eigenvalue weighted by Crippen LogP contribution is -2.39. The first-order valence-electron chi connectivity index (χ1n) is 39.5. The number of aromatic hydroxyl groups is 6. The Hall–Kier alpha value is -10.8. The molecule has 120 heavy (non-hydrogen) atoms. The second-order valence-corrected chi connectivity index (χ2v) is 31.0. The molecular weight excluding hydrogens is 1620 g/mol. The van der Waals surface area contributed by atoms with E-state index < -0.39 is 0 Å². The van der Waals surface area contributed by atoms with E-state index in [1.807, 2.05) is 48.5 Å². The van der Waals surface area contributed by atoms with Crippen LogP contribution in [0.3, 0.4) is 0 Å². The third kappa shape index (κ3) is 23.2. The molecule has 7 fully saturated rings. The number of phenolic OH excluding ortho intramolecular Hbond substituents is 6. The van der Waals surface area contributed by atoms with Crippen LogP contribution >= 0.6 is 45.9 Å². The first-order chi connectivity index (χ1) is 58.4. The molecule has 7 saturated heterocycles. The molecule has 0 bridgehead atoms. The van der Waals surface area contributed by atoms with Gasteiger partial charge in [-0.1, -0.05) is 23.7 Å². The Morgan fingerprint density at radius 3 is 1.02 bits per heavy atom. The minimum absolute atomic E-state index is 0.0142. The van der Waals surface area contributed by atoms with Crippen LogP contribution in [0.25, 0.3) is 22.5 Å². The normalized spacial score (nSPS) is 16.4. The Morgan fingerprint density at radius 2 is 0.692 bits per heavy atom. The van der Waals surface area contributed by atoms with E-state index in [9.17, 15) is 54.6 Å². The van der Waals surface area contributed by atoms with Crippen molar-refractivity contribution < 1.29 is 87.8 Å². The first kappa shape index (κ1) is 87.0. The maximum Gasteiger partial charge on any atom is 0.250 e. The summed E-state index contributed by atoms with van der Waals surface area (Å²) in [4.78, 5) is 89.3. The summed E-state index contributed by atoms with van der Waals surface area (Å²) in [7, 11) is 0. The second-order valence-electron chi connectivity index (χ2n) is 28.6. The van der Waals surface area contributed by atoms with Gasteiger partial charge in [0.05, 0.1) is 151 Å². The number of alkyl halides is 1. The molecule has 0 spiro atoms. The van der Waals surface area contributed by atoms with E-state index in [2.05, 4.69) is 49.3 Å². The van der Waals surface area contributed by atoms with Crippen molar-refractivity contribution >= 4 is 109 Å². The molecule has 632 valence electrons. The molecule has 10 heterocycles. The van der Waals surface area contributed by atoms with Gasteiger partial charge in [-0.3, -0.25) is 28.9 Å². The van der Waals surface area contributed by atoms with Crippen LogP contribution in [-0.4, -0.2) is 281 Å². The van der Waals surface area contributed by atoms with Crippen LogP contribution in [0.2, 0.25) is 5.02 Å². The molecule has 29 nitrogen and oxygen atoms in total. The lowest BCUT2D eigenvalue weighted by Gasteiger charge is -2.29. The molecule has 0 saturated carbocycles. The number of thiazole rings is 2. The molecule has 0 unspecified atom stereocenters. The average Bonchev–Trinajstić information content (AvgIpc) is 1.64. The SMILES string of the molecule is O=C(CCl)c1ccc(N2CCOCC2)cc1O.O=C(CN1CCOCC1)c1ccc(N2CCOCC2)cc1O.O=C(Cn1ccnc1)c1ccc(N2CCOCC2)cc1O.O=C(c1cccc(Cl)c1)c1ccc(N2CCOCC2)cc1O.O=C(c1nc(-c2ccc(N3CCOCC3)cc2O)cs1)c1nc(-c2ccc(N3CCOCC3)cc2O)cs1. The number of rotatable bonds is 20. The zero-order chi connectivity index (χ0) is 83.9. The van der Waals surface area contributed by atoms with Gasteiger partial charge in [-0.05, 0) is 84.9 Å². The van der Waals surface area contributed by atoms with E-state index in [1.165, 1.54) is 22.7 Å². The molecule has 17 rings (SSSR count). The molecule has 33 heteroatoms. The van der Waals surface area contributed by atoms with Crippen molar-refractivity contribution in [3.63, 3.8) is 0 Å². The largest absolute Gasteiger partial charge is 0.507 e. The van der Waals surface area contributed by atoms with Gasteiger partial charge in [-0.15, -0.1) is 34.3 Å². The fourth-order valence-corrected chi connectivity index (χ4v) is 16.1. The molecule has 0 amide bonds. The van der Waals surface area contributed by atoms with Crippen molar-refractivity contribution in [2.75, 3.05) is 226 Å². The molecule has 7 aromatic carbocycles. The molecular formula is C87H95Cl2N11O18S2. The predicted octanol–water partition coefficient (Wildman–Crippen LogP) is 11.1. The van der Waals surface area contributed by atoms with Crippen LogP contribution in [0.15, 0.2) is 163 Å². The number of ketones is 5. The molecule has 7 aliphatic heterocycles. The van der Waals surface area contributed by atoms with Gasteiger partial charge in [0.1, 0.15) is 34.5 Å². The number of phenols is 6. The van der Waals surface area contributed by atoms with Gasteiger partial charge >= 0.3 is 0 Å². The Morgan fingerprint density at radius 1 is 0.367 bits per heavy atom. The van der Waals surface area contributed by atoms with Crippen molar-refractivity contribution in [3.05, 3.63) is 206 Å². The standard InChI is InChI=1S/C27H26N4O5S2.C17H16ClNO3.C16H22N2O4.C15H17N3O3.C12H14ClNO3/c32-23-13-17(30-5-9-35-10-6-30)1-3-19(23)21-15-37-26(28-21)25(34)27-29-22(16-38-27)20-4-2-18(14-24(20)33)31-7-11-36-12-8-31;18-13-3-1-2-12(10-13)17(21)15-5-4-14(11-16(15)20)19-6-8-22-9-7-19;19-15-11-13(18-5-9-22-10-6-18)1-2-14(15)16(20)12-17-3-7-21-8-4-17;19-14-9-12(18-5-7-21-8-6-18)1-2-13(14)15(20)10-17-4-3-16-11-17;13-8-12(16)10-2-1-9(7-11(10)15)14-3-5-17-6-4-14/h1-4,13-16,32-33H,5-12H2;1-5,10-11,20H,6-9H2;1-2,11,19H,3-10,12H2;1-4,9,11,19H,5-8,10H2;1-2,7,15H,3-6,8H2. The molecule has 0 atom stereocenters. The number of halogens is 2. The summed E-state index contributed by atoms with van der Waals surface area (Å²) >= 11 is 13.8. The summed E-state index contributed by atoms with van der Waals surface area (Å²) in [5.74, 6) is -0.828. The number of benzene rings is 7. The lowest BCUT2D eigenvalue weighted by molar-refractivity contribution is 0.0370. The number of ether oxygens (including phenoxy) is 7. The van der Waals surface area contributed by atoms with Crippen molar-refractivity contribution in [3.8, 4) is 57.0 Å². The minimum atomic E-state index is -0.286. The number of Topliss-reactive ketones (excluding diaryl/α,β-unsaturated/α-hetero) is 3. The van der Waals surface area contributed by atoms with Gasteiger partial charge in [0.25, 0.3) is 0 Å². The van der Waals surface area contributed by atoms with Crippen LogP contribution < -0.4 is 29.4 Å². The van der Waals surface area contributed by atoms with Gasteiger partial charge in [-0.2, -0.15) is 0 Å². The highest BCUT2D eigenvalue weighted by atomic mass is 35.5. The molecule has 7 aliphatic rings. The van der Waals surface area contributed by atoms with E-state index in [-0.39, 0.29) is 87.0 Å². The highest BCUT2D eigenvalue weighted by Gasteiger charge is 2.27. The number of hydrogen-bond donors (Lipinski definition) is 6. The van der Waals surface area contributed by atoms with Crippen LogP contribution in [0.5, 0.6) is 34.5 Å². The number of hydrogen-bond acceptors (Lipinski definition) is 30. The lowest BCUT2D eigenvalue weighted by atomic mass is 10.0. The number of nitrogens with zero attached hydrogens (tertiary/aromatic N) is 11. The predicted molar refractivity (Wildman–Crippen MR) is 461 cm³/mol. The van der Waals surface area contributed by atoms with E-state index in [0.717, 1.165) is 126 Å². The number of aromatic nitrogens is 4. The van der Waals surface area contributed by atoms with E-state index in [0.29, 0.717) is 153 Å². The maximum absolute atomic E-state index is 13.2. The third-order valence-electron chi connectivity index (χ3n) is 20.8. The summed E-state index contributed by atoms with van der Waals surface area (Å²) in [6.07, 6.45) is 4.92.